The number of amides is 1. The van der Waals surface area contributed by atoms with Gasteiger partial charge in [-0.15, -0.1) is 0 Å². The van der Waals surface area contributed by atoms with Gasteiger partial charge in [0.1, 0.15) is 5.82 Å². The van der Waals surface area contributed by atoms with Crippen molar-refractivity contribution in [3.63, 3.8) is 0 Å². The number of carbonyl (C=O) groups is 1. The first-order chi connectivity index (χ1) is 16.2. The van der Waals surface area contributed by atoms with Crippen LogP contribution in [0.5, 0.6) is 0 Å². The van der Waals surface area contributed by atoms with Gasteiger partial charge in [0, 0.05) is 36.7 Å². The highest BCUT2D eigenvalue weighted by molar-refractivity contribution is 6.06. The Bertz CT molecular complexity index is 1260. The van der Waals surface area contributed by atoms with Crippen molar-refractivity contribution in [2.24, 2.45) is 5.92 Å². The molecular weight excluding hydrogens is 408 g/mol. The fraction of sp³-hybridized carbons (Fsp3) is 0.286. The molecule has 0 spiro atoms. The van der Waals surface area contributed by atoms with Crippen LogP contribution in [-0.2, 0) is 6.54 Å². The zero-order valence-corrected chi connectivity index (χ0v) is 19.1. The topological polar surface area (TPSA) is 50.2 Å². The van der Waals surface area contributed by atoms with E-state index in [9.17, 15) is 4.79 Å². The molecule has 1 N–H and O–H groups in total. The summed E-state index contributed by atoms with van der Waals surface area (Å²) in [6.45, 7) is 5.66. The van der Waals surface area contributed by atoms with Crippen molar-refractivity contribution in [2.45, 2.75) is 26.3 Å². The number of hydrogen-bond acceptors (Lipinski definition) is 3. The second kappa shape index (κ2) is 9.59. The molecule has 0 unspecified atom stereocenters. The Morgan fingerprint density at radius 3 is 2.85 bits per heavy atom. The van der Waals surface area contributed by atoms with Gasteiger partial charge in [0.2, 0.25) is 0 Å². The van der Waals surface area contributed by atoms with E-state index >= 15 is 0 Å². The highest BCUT2D eigenvalue weighted by atomic mass is 16.1. The summed E-state index contributed by atoms with van der Waals surface area (Å²) >= 11 is 0. The molecular formula is C28H30N4O. The standard InChI is InChI=1S/C28H30N4O/c1-21-7-4-11-24(17-21)32-16-14-29-27(32)20-31-15-6-8-22(19-31)18-30-28(33)26-13-5-10-23-9-2-3-12-25(23)26/h2-5,7,9-14,16-17,22H,6,8,15,18-20H2,1H3,(H,30,33)/t22-/m1/s1. The predicted octanol–water partition coefficient (Wildman–Crippen LogP) is 4.98. The van der Waals surface area contributed by atoms with Crippen molar-refractivity contribution < 1.29 is 4.79 Å². The van der Waals surface area contributed by atoms with Crippen molar-refractivity contribution in [1.29, 1.82) is 0 Å². The number of imidazole rings is 1. The van der Waals surface area contributed by atoms with Gasteiger partial charge >= 0.3 is 0 Å². The summed E-state index contributed by atoms with van der Waals surface area (Å²) in [5.74, 6) is 1.51. The number of aryl methyl sites for hydroxylation is 1. The quantitative estimate of drug-likeness (QED) is 0.462. The lowest BCUT2D eigenvalue weighted by Crippen LogP contribution is -2.41. The fourth-order valence-electron chi connectivity index (χ4n) is 4.88. The Labute approximate surface area is 195 Å². The van der Waals surface area contributed by atoms with Crippen molar-refractivity contribution in [3.05, 3.63) is 96.1 Å². The van der Waals surface area contributed by atoms with E-state index in [0.29, 0.717) is 12.5 Å². The van der Waals surface area contributed by atoms with E-state index in [4.69, 9.17) is 0 Å². The van der Waals surface area contributed by atoms with Crippen molar-refractivity contribution in [1.82, 2.24) is 19.8 Å². The Kier molecular flexibility index (Phi) is 6.22. The molecule has 1 aliphatic rings. The lowest BCUT2D eigenvalue weighted by molar-refractivity contribution is 0.0931. The molecule has 5 nitrogen and oxygen atoms in total. The zero-order chi connectivity index (χ0) is 22.6. The molecule has 4 aromatic rings. The Morgan fingerprint density at radius 1 is 1.09 bits per heavy atom. The van der Waals surface area contributed by atoms with Gasteiger partial charge in [-0.2, -0.15) is 0 Å². The summed E-state index contributed by atoms with van der Waals surface area (Å²) < 4.78 is 2.18. The van der Waals surface area contributed by atoms with Gasteiger partial charge in [-0.3, -0.25) is 9.69 Å². The molecule has 168 valence electrons. The Balaban J connectivity index is 1.21. The lowest BCUT2D eigenvalue weighted by atomic mass is 9.97. The predicted molar refractivity (Wildman–Crippen MR) is 133 cm³/mol. The molecule has 1 aromatic heterocycles. The number of benzene rings is 3. The molecule has 0 bridgehead atoms. The summed E-state index contributed by atoms with van der Waals surface area (Å²) in [7, 11) is 0. The van der Waals surface area contributed by atoms with E-state index in [1.165, 1.54) is 5.56 Å². The van der Waals surface area contributed by atoms with Crippen LogP contribution < -0.4 is 5.32 Å². The first-order valence-corrected chi connectivity index (χ1v) is 11.7. The van der Waals surface area contributed by atoms with Crippen LogP contribution in [0.2, 0.25) is 0 Å². The van der Waals surface area contributed by atoms with Gasteiger partial charge in [-0.25, -0.2) is 4.98 Å². The second-order valence-electron chi connectivity index (χ2n) is 9.03. The normalized spacial score (nSPS) is 16.7. The van der Waals surface area contributed by atoms with Crippen LogP contribution in [-0.4, -0.2) is 40.0 Å². The SMILES string of the molecule is Cc1cccc(-n2ccnc2CN2CCC[C@H](CNC(=O)c3cccc4ccccc34)C2)c1. The molecule has 1 fully saturated rings. The summed E-state index contributed by atoms with van der Waals surface area (Å²) in [6, 6.07) is 22.5. The van der Waals surface area contributed by atoms with Crippen LogP contribution in [0, 0.1) is 12.8 Å². The molecule has 3 aromatic carbocycles. The Hall–Kier alpha value is -3.44. The van der Waals surface area contributed by atoms with Crippen molar-refractivity contribution in [2.75, 3.05) is 19.6 Å². The molecule has 0 aliphatic carbocycles. The maximum atomic E-state index is 12.9. The molecule has 1 saturated heterocycles. The molecule has 0 radical (unpaired) electrons. The van der Waals surface area contributed by atoms with E-state index in [2.05, 4.69) is 51.0 Å². The van der Waals surface area contributed by atoms with Crippen LogP contribution in [0.25, 0.3) is 16.5 Å². The number of nitrogens with one attached hydrogen (secondary N) is 1. The van der Waals surface area contributed by atoms with Crippen LogP contribution in [0.1, 0.15) is 34.6 Å². The van der Waals surface area contributed by atoms with E-state index in [1.807, 2.05) is 54.9 Å². The van der Waals surface area contributed by atoms with Crippen LogP contribution >= 0.6 is 0 Å². The molecule has 33 heavy (non-hydrogen) atoms. The average Bonchev–Trinajstić information content (AvgIpc) is 3.30. The summed E-state index contributed by atoms with van der Waals surface area (Å²) in [5.41, 5.74) is 3.14. The van der Waals surface area contributed by atoms with E-state index < -0.39 is 0 Å². The number of carbonyl (C=O) groups excluding carboxylic acids is 1. The average molecular weight is 439 g/mol. The molecule has 5 heteroatoms. The first kappa shape index (κ1) is 21.4. The molecule has 1 atom stereocenters. The monoisotopic (exact) mass is 438 g/mol. The largest absolute Gasteiger partial charge is 0.352 e. The van der Waals surface area contributed by atoms with E-state index in [0.717, 1.165) is 60.3 Å². The number of likely N-dealkylation sites (tertiary alicyclic amines) is 1. The van der Waals surface area contributed by atoms with Crippen LogP contribution in [0.15, 0.2) is 79.1 Å². The number of aromatic nitrogens is 2. The van der Waals surface area contributed by atoms with Gasteiger partial charge in [0.25, 0.3) is 5.91 Å². The van der Waals surface area contributed by atoms with Gasteiger partial charge in [0.05, 0.1) is 6.54 Å². The van der Waals surface area contributed by atoms with Gasteiger partial charge in [-0.1, -0.05) is 48.5 Å². The number of fused-ring (bicyclic) bond motifs is 1. The maximum absolute atomic E-state index is 12.9. The zero-order valence-electron chi connectivity index (χ0n) is 19.1. The number of piperidine rings is 1. The maximum Gasteiger partial charge on any atom is 0.251 e. The molecule has 1 amide bonds. The third-order valence-corrected chi connectivity index (χ3v) is 6.55. The molecule has 0 saturated carbocycles. The fourth-order valence-corrected chi connectivity index (χ4v) is 4.88. The summed E-state index contributed by atoms with van der Waals surface area (Å²) in [6.07, 6.45) is 6.19. The first-order valence-electron chi connectivity index (χ1n) is 11.7. The van der Waals surface area contributed by atoms with Gasteiger partial charge in [0.15, 0.2) is 0 Å². The number of rotatable bonds is 6. The van der Waals surface area contributed by atoms with Gasteiger partial charge in [-0.05, 0) is 66.8 Å². The molecule has 1 aliphatic heterocycles. The number of hydrogen-bond donors (Lipinski definition) is 1. The minimum absolute atomic E-state index is 0.0129. The van der Waals surface area contributed by atoms with Crippen molar-refractivity contribution in [3.8, 4) is 5.69 Å². The highest BCUT2D eigenvalue weighted by Crippen LogP contribution is 2.21. The third-order valence-electron chi connectivity index (χ3n) is 6.55. The lowest BCUT2D eigenvalue weighted by Gasteiger charge is -2.32. The third kappa shape index (κ3) is 4.83. The summed E-state index contributed by atoms with van der Waals surface area (Å²) in [5, 5.41) is 5.30. The minimum atomic E-state index is 0.0129. The van der Waals surface area contributed by atoms with Gasteiger partial charge < -0.3 is 9.88 Å². The molecule has 2 heterocycles. The summed E-state index contributed by atoms with van der Waals surface area (Å²) in [4.78, 5) is 20.0. The Morgan fingerprint density at radius 2 is 1.94 bits per heavy atom. The molecule has 5 rings (SSSR count). The number of nitrogens with zero attached hydrogens (tertiary/aromatic N) is 3. The highest BCUT2D eigenvalue weighted by Gasteiger charge is 2.22. The van der Waals surface area contributed by atoms with Crippen molar-refractivity contribution >= 4 is 16.7 Å². The van der Waals surface area contributed by atoms with E-state index in [-0.39, 0.29) is 5.91 Å². The smallest absolute Gasteiger partial charge is 0.251 e. The van der Waals surface area contributed by atoms with Crippen LogP contribution in [0.3, 0.4) is 0 Å². The van der Waals surface area contributed by atoms with E-state index in [1.54, 1.807) is 0 Å². The second-order valence-corrected chi connectivity index (χ2v) is 9.03. The van der Waals surface area contributed by atoms with Crippen LogP contribution in [0.4, 0.5) is 0 Å². The minimum Gasteiger partial charge on any atom is -0.352 e.